The number of ether oxygens (including phenoxy) is 1. The van der Waals surface area contributed by atoms with E-state index in [9.17, 15) is 4.79 Å². The van der Waals surface area contributed by atoms with E-state index in [-0.39, 0.29) is 12.1 Å². The van der Waals surface area contributed by atoms with Crippen molar-refractivity contribution in [2.24, 2.45) is 7.05 Å². The Kier molecular flexibility index (Phi) is 5.05. The van der Waals surface area contributed by atoms with Crippen LogP contribution in [0.1, 0.15) is 49.1 Å². The SMILES string of the molecule is COc1cccc(NC(=O)N(Cc2nn(C)c3c2CCC3)C2CCCC2)c1. The van der Waals surface area contributed by atoms with Gasteiger partial charge < -0.3 is 15.0 Å². The summed E-state index contributed by atoms with van der Waals surface area (Å²) in [5.74, 6) is 0.739. The average molecular weight is 368 g/mol. The number of carbonyl (C=O) groups is 1. The summed E-state index contributed by atoms with van der Waals surface area (Å²) in [5, 5.41) is 7.80. The molecule has 1 N–H and O–H groups in total. The van der Waals surface area contributed by atoms with E-state index in [2.05, 4.69) is 5.32 Å². The van der Waals surface area contributed by atoms with E-state index < -0.39 is 0 Å². The highest BCUT2D eigenvalue weighted by atomic mass is 16.5. The number of aromatic nitrogens is 2. The maximum Gasteiger partial charge on any atom is 0.322 e. The van der Waals surface area contributed by atoms with E-state index in [0.29, 0.717) is 6.54 Å². The number of hydrogen-bond donors (Lipinski definition) is 1. The summed E-state index contributed by atoms with van der Waals surface area (Å²) in [6.45, 7) is 0.587. The van der Waals surface area contributed by atoms with Crippen LogP contribution in [0.25, 0.3) is 0 Å². The third-order valence-electron chi connectivity index (χ3n) is 5.87. The predicted octanol–water partition coefficient (Wildman–Crippen LogP) is 3.89. The van der Waals surface area contributed by atoms with E-state index in [0.717, 1.165) is 42.8 Å². The van der Waals surface area contributed by atoms with E-state index in [4.69, 9.17) is 9.84 Å². The lowest BCUT2D eigenvalue weighted by molar-refractivity contribution is 0.183. The number of rotatable bonds is 5. The third-order valence-corrected chi connectivity index (χ3v) is 5.87. The number of urea groups is 1. The second-order valence-corrected chi connectivity index (χ2v) is 7.58. The first-order valence-corrected chi connectivity index (χ1v) is 9.91. The van der Waals surface area contributed by atoms with Gasteiger partial charge in [-0.25, -0.2) is 4.79 Å². The molecule has 2 aliphatic rings. The molecule has 2 aromatic rings. The first-order chi connectivity index (χ1) is 13.2. The minimum atomic E-state index is -0.0486. The molecule has 2 aliphatic carbocycles. The number of carbonyl (C=O) groups excluding carboxylic acids is 1. The van der Waals surface area contributed by atoms with Gasteiger partial charge in [0.1, 0.15) is 5.75 Å². The quantitative estimate of drug-likeness (QED) is 0.871. The Labute approximate surface area is 160 Å². The fourth-order valence-electron chi connectivity index (χ4n) is 4.46. The zero-order valence-corrected chi connectivity index (χ0v) is 16.2. The van der Waals surface area contributed by atoms with Gasteiger partial charge in [0.15, 0.2) is 0 Å². The Bertz CT molecular complexity index is 824. The highest BCUT2D eigenvalue weighted by Gasteiger charge is 2.30. The zero-order valence-electron chi connectivity index (χ0n) is 16.2. The molecule has 0 unspecified atom stereocenters. The first kappa shape index (κ1) is 17.9. The molecule has 6 nitrogen and oxygen atoms in total. The van der Waals surface area contributed by atoms with Crippen LogP contribution < -0.4 is 10.1 Å². The summed E-state index contributed by atoms with van der Waals surface area (Å²) in [4.78, 5) is 15.1. The Morgan fingerprint density at radius 2 is 2.11 bits per heavy atom. The fourth-order valence-corrected chi connectivity index (χ4v) is 4.46. The van der Waals surface area contributed by atoms with Crippen molar-refractivity contribution in [3.05, 3.63) is 41.2 Å². The standard InChI is InChI=1S/C21H28N4O2/c1-24-20-12-6-11-18(20)19(23-24)14-25(16-8-3-4-9-16)21(26)22-15-7-5-10-17(13-15)27-2/h5,7,10,13,16H,3-4,6,8-9,11-12,14H2,1-2H3,(H,22,26). The van der Waals surface area contributed by atoms with Crippen molar-refractivity contribution in [2.75, 3.05) is 12.4 Å². The van der Waals surface area contributed by atoms with Crippen molar-refractivity contribution in [1.82, 2.24) is 14.7 Å². The van der Waals surface area contributed by atoms with Gasteiger partial charge in [-0.3, -0.25) is 4.68 Å². The van der Waals surface area contributed by atoms with Crippen LogP contribution in [0.5, 0.6) is 5.75 Å². The Hall–Kier alpha value is -2.50. The van der Waals surface area contributed by atoms with Crippen LogP contribution in [-0.4, -0.2) is 33.9 Å². The number of hydrogen-bond acceptors (Lipinski definition) is 3. The Morgan fingerprint density at radius 3 is 2.89 bits per heavy atom. The van der Waals surface area contributed by atoms with Gasteiger partial charge in [0.05, 0.1) is 19.3 Å². The molecule has 0 atom stereocenters. The molecule has 0 spiro atoms. The van der Waals surface area contributed by atoms with E-state index in [1.807, 2.05) is 40.9 Å². The largest absolute Gasteiger partial charge is 0.497 e. The Morgan fingerprint density at radius 1 is 1.30 bits per heavy atom. The van der Waals surface area contributed by atoms with E-state index >= 15 is 0 Å². The van der Waals surface area contributed by atoms with Gasteiger partial charge in [-0.15, -0.1) is 0 Å². The molecule has 2 amide bonds. The van der Waals surface area contributed by atoms with Gasteiger partial charge in [-0.1, -0.05) is 18.9 Å². The molecule has 0 saturated heterocycles. The summed E-state index contributed by atoms with van der Waals surface area (Å²) in [6, 6.07) is 7.75. The van der Waals surface area contributed by atoms with Crippen LogP contribution in [0.3, 0.4) is 0 Å². The zero-order chi connectivity index (χ0) is 18.8. The maximum absolute atomic E-state index is 13.2. The lowest BCUT2D eigenvalue weighted by atomic mass is 10.1. The highest BCUT2D eigenvalue weighted by Crippen LogP contribution is 2.30. The minimum Gasteiger partial charge on any atom is -0.497 e. The van der Waals surface area contributed by atoms with Gasteiger partial charge >= 0.3 is 6.03 Å². The van der Waals surface area contributed by atoms with Gasteiger partial charge in [0, 0.05) is 30.5 Å². The molecule has 1 aromatic heterocycles. The molecule has 1 aromatic carbocycles. The molecule has 0 radical (unpaired) electrons. The lowest BCUT2D eigenvalue weighted by Gasteiger charge is -2.29. The summed E-state index contributed by atoms with van der Waals surface area (Å²) in [6.07, 6.45) is 7.88. The van der Waals surface area contributed by atoms with Crippen molar-refractivity contribution in [3.8, 4) is 5.75 Å². The number of methoxy groups -OCH3 is 1. The summed E-state index contributed by atoms with van der Waals surface area (Å²) < 4.78 is 7.27. The summed E-state index contributed by atoms with van der Waals surface area (Å²) in [7, 11) is 3.65. The number of aryl methyl sites for hydroxylation is 1. The van der Waals surface area contributed by atoms with Crippen LogP contribution in [0.15, 0.2) is 24.3 Å². The van der Waals surface area contributed by atoms with Crippen molar-refractivity contribution in [3.63, 3.8) is 0 Å². The van der Waals surface area contributed by atoms with Crippen LogP contribution in [0.2, 0.25) is 0 Å². The Balaban J connectivity index is 1.55. The third kappa shape index (κ3) is 3.66. The molecule has 0 aliphatic heterocycles. The molecule has 4 rings (SSSR count). The maximum atomic E-state index is 13.2. The normalized spacial score (nSPS) is 16.4. The number of fused-ring (bicyclic) bond motifs is 1. The second kappa shape index (κ2) is 7.62. The van der Waals surface area contributed by atoms with Crippen molar-refractivity contribution < 1.29 is 9.53 Å². The van der Waals surface area contributed by atoms with Gasteiger partial charge in [-0.05, 0) is 49.8 Å². The van der Waals surface area contributed by atoms with Gasteiger partial charge in [-0.2, -0.15) is 5.10 Å². The molecule has 0 bridgehead atoms. The first-order valence-electron chi connectivity index (χ1n) is 9.91. The van der Waals surface area contributed by atoms with Crippen LogP contribution in [0.4, 0.5) is 10.5 Å². The number of anilines is 1. The monoisotopic (exact) mass is 368 g/mol. The second-order valence-electron chi connectivity index (χ2n) is 7.58. The van der Waals surface area contributed by atoms with E-state index in [1.165, 1.54) is 30.5 Å². The average Bonchev–Trinajstić information content (AvgIpc) is 3.40. The van der Waals surface area contributed by atoms with Crippen LogP contribution in [0, 0.1) is 0 Å². The number of benzene rings is 1. The molecule has 27 heavy (non-hydrogen) atoms. The predicted molar refractivity (Wildman–Crippen MR) is 105 cm³/mol. The molecule has 1 saturated carbocycles. The summed E-state index contributed by atoms with van der Waals surface area (Å²) >= 11 is 0. The van der Waals surface area contributed by atoms with Crippen LogP contribution >= 0.6 is 0 Å². The molecule has 144 valence electrons. The smallest absolute Gasteiger partial charge is 0.322 e. The lowest BCUT2D eigenvalue weighted by Crippen LogP contribution is -2.41. The number of amides is 2. The number of nitrogens with one attached hydrogen (secondary N) is 1. The van der Waals surface area contributed by atoms with E-state index in [1.54, 1.807) is 7.11 Å². The van der Waals surface area contributed by atoms with Crippen molar-refractivity contribution >= 4 is 11.7 Å². The van der Waals surface area contributed by atoms with Gasteiger partial charge in [0.25, 0.3) is 0 Å². The fraction of sp³-hybridized carbons (Fsp3) is 0.524. The van der Waals surface area contributed by atoms with Gasteiger partial charge in [0.2, 0.25) is 0 Å². The summed E-state index contributed by atoms with van der Waals surface area (Å²) in [5.41, 5.74) is 4.52. The van der Waals surface area contributed by atoms with Crippen LogP contribution in [-0.2, 0) is 26.4 Å². The van der Waals surface area contributed by atoms with Crippen molar-refractivity contribution in [1.29, 1.82) is 0 Å². The highest BCUT2D eigenvalue weighted by molar-refractivity contribution is 5.89. The van der Waals surface area contributed by atoms with Crippen molar-refractivity contribution in [2.45, 2.75) is 57.5 Å². The molecular formula is C21H28N4O2. The molecule has 1 heterocycles. The molecule has 1 fully saturated rings. The topological polar surface area (TPSA) is 59.4 Å². The molecule has 6 heteroatoms. The number of nitrogens with zero attached hydrogens (tertiary/aromatic N) is 3. The minimum absolute atomic E-state index is 0.0486. The molecular weight excluding hydrogens is 340 g/mol.